The summed E-state index contributed by atoms with van der Waals surface area (Å²) in [5, 5.41) is 22.3. The van der Waals surface area contributed by atoms with E-state index in [-0.39, 0.29) is 17.3 Å². The van der Waals surface area contributed by atoms with Crippen LogP contribution < -0.4 is 0 Å². The molecule has 0 spiro atoms. The van der Waals surface area contributed by atoms with Gasteiger partial charge in [0, 0.05) is 4.83 Å². The molecule has 134 valence electrons. The number of hydrogen-bond donors (Lipinski definition) is 2. The summed E-state index contributed by atoms with van der Waals surface area (Å²) in [6.07, 6.45) is 8.74. The summed E-state index contributed by atoms with van der Waals surface area (Å²) >= 11 is 3.87. The maximum absolute atomic E-state index is 11.3. The van der Waals surface area contributed by atoms with Crippen molar-refractivity contribution in [2.24, 2.45) is 17.3 Å². The van der Waals surface area contributed by atoms with E-state index in [1.54, 1.807) is 0 Å². The zero-order valence-electron chi connectivity index (χ0n) is 15.5. The number of alkyl halides is 1. The number of fused-ring (bicyclic) bond motifs is 1. The Morgan fingerprint density at radius 2 is 1.87 bits per heavy atom. The van der Waals surface area contributed by atoms with Crippen molar-refractivity contribution in [3.8, 4) is 0 Å². The minimum Gasteiger partial charge on any atom is -0.390 e. The summed E-state index contributed by atoms with van der Waals surface area (Å²) in [5.74, 6) is 0.437. The number of halogens is 1. The van der Waals surface area contributed by atoms with E-state index in [4.69, 9.17) is 0 Å². The monoisotopic (exact) mass is 386 g/mol. The van der Waals surface area contributed by atoms with E-state index in [2.05, 4.69) is 49.7 Å². The smallest absolute Gasteiger partial charge is 0.0677 e. The summed E-state index contributed by atoms with van der Waals surface area (Å²) in [6.45, 7) is 10.7. The molecule has 6 atom stereocenters. The third-order valence-corrected chi connectivity index (χ3v) is 8.39. The topological polar surface area (TPSA) is 40.5 Å². The number of hydrogen-bond acceptors (Lipinski definition) is 2. The van der Waals surface area contributed by atoms with Crippen molar-refractivity contribution in [1.29, 1.82) is 0 Å². The zero-order chi connectivity index (χ0) is 17.5. The lowest BCUT2D eigenvalue weighted by Gasteiger charge is -2.59. The molecule has 0 bridgehead atoms. The molecule has 6 unspecified atom stereocenters. The highest BCUT2D eigenvalue weighted by Crippen LogP contribution is 2.59. The van der Waals surface area contributed by atoms with Crippen molar-refractivity contribution >= 4 is 15.9 Å². The molecule has 2 rings (SSSR count). The highest BCUT2D eigenvalue weighted by atomic mass is 79.9. The van der Waals surface area contributed by atoms with Crippen LogP contribution in [0.4, 0.5) is 0 Å². The molecule has 2 saturated carbocycles. The van der Waals surface area contributed by atoms with Crippen molar-refractivity contribution in [3.63, 3.8) is 0 Å². The number of allylic oxidation sites excluding steroid dienone is 2. The largest absolute Gasteiger partial charge is 0.390 e. The van der Waals surface area contributed by atoms with Crippen molar-refractivity contribution < 1.29 is 10.2 Å². The predicted molar refractivity (Wildman–Crippen MR) is 101 cm³/mol. The predicted octanol–water partition coefficient (Wildman–Crippen LogP) is 5.21. The number of rotatable bonds is 4. The molecule has 2 fully saturated rings. The van der Waals surface area contributed by atoms with Gasteiger partial charge in [0.25, 0.3) is 0 Å². The quantitative estimate of drug-likeness (QED) is 0.513. The van der Waals surface area contributed by atoms with Crippen LogP contribution >= 0.6 is 15.9 Å². The van der Waals surface area contributed by atoms with Gasteiger partial charge in [-0.05, 0) is 83.0 Å². The van der Waals surface area contributed by atoms with Gasteiger partial charge in [0.15, 0.2) is 0 Å². The van der Waals surface area contributed by atoms with E-state index < -0.39 is 11.2 Å². The molecule has 0 heterocycles. The zero-order valence-corrected chi connectivity index (χ0v) is 17.1. The van der Waals surface area contributed by atoms with Crippen LogP contribution in [0.1, 0.15) is 79.6 Å². The minimum absolute atomic E-state index is 0.0909. The first kappa shape index (κ1) is 19.5. The molecule has 0 aliphatic heterocycles. The van der Waals surface area contributed by atoms with Gasteiger partial charge in [0.2, 0.25) is 0 Å². The second kappa shape index (κ2) is 6.80. The molecular weight excluding hydrogens is 352 g/mol. The fraction of sp³-hybridized carbons (Fsp3) is 0.900. The molecule has 23 heavy (non-hydrogen) atoms. The molecule has 0 radical (unpaired) electrons. The Balaban J connectivity index is 2.13. The fourth-order valence-corrected chi connectivity index (χ4v) is 5.69. The molecule has 0 aromatic rings. The standard InChI is InChI=1S/C20H35BrO2/c1-14(2)7-6-8-15(3)20(23)12-11-18(4)16(13-20)19(5,22)10-9-17(18)21/h7,15-17,22-23H,6,8-13H2,1-5H3. The normalized spacial score (nSPS) is 45.2. The van der Waals surface area contributed by atoms with Crippen LogP contribution in [-0.4, -0.2) is 26.2 Å². The summed E-state index contributed by atoms with van der Waals surface area (Å²) < 4.78 is 0. The van der Waals surface area contributed by atoms with E-state index in [9.17, 15) is 10.2 Å². The second-order valence-corrected chi connectivity index (χ2v) is 10.1. The van der Waals surface area contributed by atoms with Crippen LogP contribution in [-0.2, 0) is 0 Å². The van der Waals surface area contributed by atoms with Gasteiger partial charge in [-0.1, -0.05) is 41.4 Å². The van der Waals surface area contributed by atoms with Gasteiger partial charge in [-0.2, -0.15) is 0 Å². The van der Waals surface area contributed by atoms with Crippen LogP contribution in [0.15, 0.2) is 11.6 Å². The van der Waals surface area contributed by atoms with E-state index in [1.807, 2.05) is 6.92 Å². The summed E-state index contributed by atoms with van der Waals surface area (Å²) in [7, 11) is 0. The van der Waals surface area contributed by atoms with E-state index in [0.29, 0.717) is 4.83 Å². The molecular formula is C20H35BrO2. The van der Waals surface area contributed by atoms with Gasteiger partial charge in [-0.25, -0.2) is 0 Å². The summed E-state index contributed by atoms with van der Waals surface area (Å²) in [5.41, 5.74) is 0.145. The van der Waals surface area contributed by atoms with Gasteiger partial charge < -0.3 is 10.2 Å². The van der Waals surface area contributed by atoms with Crippen molar-refractivity contribution in [3.05, 3.63) is 11.6 Å². The SMILES string of the molecule is CC(C)=CCCC(C)C1(O)CCC2(C)C(Br)CCC(C)(O)C2C1. The molecule has 2 aliphatic rings. The second-order valence-electron chi connectivity index (χ2n) is 8.99. The Morgan fingerprint density at radius 3 is 2.48 bits per heavy atom. The third kappa shape index (κ3) is 3.88. The van der Waals surface area contributed by atoms with E-state index >= 15 is 0 Å². The van der Waals surface area contributed by atoms with Crippen LogP contribution in [0.25, 0.3) is 0 Å². The fourth-order valence-electron chi connectivity index (χ4n) is 4.92. The van der Waals surface area contributed by atoms with E-state index in [1.165, 1.54) is 5.57 Å². The maximum Gasteiger partial charge on any atom is 0.0677 e. The maximum atomic E-state index is 11.3. The molecule has 2 N–H and O–H groups in total. The Hall–Kier alpha value is 0.140. The first-order valence-corrected chi connectivity index (χ1v) is 10.1. The molecule has 2 nitrogen and oxygen atoms in total. The van der Waals surface area contributed by atoms with Gasteiger partial charge in [-0.3, -0.25) is 0 Å². The summed E-state index contributed by atoms with van der Waals surface area (Å²) in [4.78, 5) is 0.450. The third-order valence-electron chi connectivity index (χ3n) is 6.89. The lowest BCUT2D eigenvalue weighted by molar-refractivity contribution is -0.172. The van der Waals surface area contributed by atoms with Crippen LogP contribution in [0, 0.1) is 17.3 Å². The van der Waals surface area contributed by atoms with Gasteiger partial charge in [0.05, 0.1) is 11.2 Å². The average molecular weight is 387 g/mol. The Morgan fingerprint density at radius 1 is 1.22 bits per heavy atom. The average Bonchev–Trinajstić information content (AvgIpc) is 2.45. The molecule has 2 aliphatic carbocycles. The molecule has 0 amide bonds. The van der Waals surface area contributed by atoms with Gasteiger partial charge in [0.1, 0.15) is 0 Å². The Kier molecular flexibility index (Phi) is 5.76. The first-order chi connectivity index (χ1) is 10.5. The van der Waals surface area contributed by atoms with Crippen molar-refractivity contribution in [2.45, 2.75) is 95.6 Å². The van der Waals surface area contributed by atoms with Crippen LogP contribution in [0.3, 0.4) is 0 Å². The van der Waals surface area contributed by atoms with Crippen molar-refractivity contribution in [1.82, 2.24) is 0 Å². The highest BCUT2D eigenvalue weighted by Gasteiger charge is 2.58. The Bertz CT molecular complexity index is 455. The van der Waals surface area contributed by atoms with Crippen LogP contribution in [0.2, 0.25) is 0 Å². The summed E-state index contributed by atoms with van der Waals surface area (Å²) in [6, 6.07) is 0. The highest BCUT2D eigenvalue weighted by molar-refractivity contribution is 9.09. The lowest BCUT2D eigenvalue weighted by atomic mass is 9.51. The molecule has 0 saturated heterocycles. The molecule has 0 aromatic heterocycles. The molecule has 0 aromatic carbocycles. The van der Waals surface area contributed by atoms with Crippen molar-refractivity contribution in [2.75, 3.05) is 0 Å². The first-order valence-electron chi connectivity index (χ1n) is 9.23. The van der Waals surface area contributed by atoms with Gasteiger partial charge in [-0.15, -0.1) is 0 Å². The van der Waals surface area contributed by atoms with Crippen LogP contribution in [0.5, 0.6) is 0 Å². The van der Waals surface area contributed by atoms with Gasteiger partial charge >= 0.3 is 0 Å². The number of aliphatic hydroxyl groups is 2. The Labute approximate surface area is 150 Å². The molecule has 3 heteroatoms. The minimum atomic E-state index is -0.660. The van der Waals surface area contributed by atoms with E-state index in [0.717, 1.165) is 44.9 Å². The lowest BCUT2D eigenvalue weighted by Crippen LogP contribution is -2.60.